The summed E-state index contributed by atoms with van der Waals surface area (Å²) in [6, 6.07) is 9.63. The number of hydrogen-bond donors (Lipinski definition) is 1. The number of nitrogens with zero attached hydrogens (tertiary/aromatic N) is 3. The third-order valence-corrected chi connectivity index (χ3v) is 3.65. The van der Waals surface area contributed by atoms with Crippen molar-refractivity contribution in [3.63, 3.8) is 0 Å². The normalized spacial score (nSPS) is 13.8. The van der Waals surface area contributed by atoms with Gasteiger partial charge in [0.25, 0.3) is 5.56 Å². The lowest BCUT2D eigenvalue weighted by molar-refractivity contribution is 0.139. The molecule has 6 heteroatoms. The summed E-state index contributed by atoms with van der Waals surface area (Å²) < 4.78 is 1.53. The fourth-order valence-corrected chi connectivity index (χ4v) is 2.51. The first kappa shape index (κ1) is 13.4. The molecule has 0 spiro atoms. The second kappa shape index (κ2) is 5.40. The van der Waals surface area contributed by atoms with Crippen molar-refractivity contribution in [1.29, 1.82) is 0 Å². The summed E-state index contributed by atoms with van der Waals surface area (Å²) >= 11 is 0. The number of aromatic nitrogens is 2. The molecular weight excluding hydrogens is 270 g/mol. The first-order valence-corrected chi connectivity index (χ1v) is 6.74. The van der Waals surface area contributed by atoms with E-state index in [1.807, 2.05) is 30.3 Å². The van der Waals surface area contributed by atoms with Gasteiger partial charge in [0.1, 0.15) is 0 Å². The molecule has 3 rings (SSSR count). The number of fused-ring (bicyclic) bond motifs is 1. The Morgan fingerprint density at radius 2 is 2.05 bits per heavy atom. The Bertz CT molecular complexity index is 725. The van der Waals surface area contributed by atoms with Crippen molar-refractivity contribution in [2.75, 3.05) is 6.54 Å². The number of benzene rings is 1. The van der Waals surface area contributed by atoms with Crippen LogP contribution in [0, 0.1) is 0 Å². The van der Waals surface area contributed by atoms with E-state index in [1.165, 1.54) is 9.47 Å². The van der Waals surface area contributed by atoms with Crippen LogP contribution in [-0.2, 0) is 19.5 Å². The Hall–Kier alpha value is -2.63. The molecule has 6 nitrogen and oxygen atoms in total. The second-order valence-corrected chi connectivity index (χ2v) is 5.04. The minimum atomic E-state index is -1.00. The molecule has 2 heterocycles. The van der Waals surface area contributed by atoms with Crippen molar-refractivity contribution < 1.29 is 9.90 Å². The first-order valence-electron chi connectivity index (χ1n) is 6.74. The Labute approximate surface area is 121 Å². The third kappa shape index (κ3) is 2.65. The highest BCUT2D eigenvalue weighted by Crippen LogP contribution is 2.13. The second-order valence-electron chi connectivity index (χ2n) is 5.04. The van der Waals surface area contributed by atoms with E-state index in [1.54, 1.807) is 6.33 Å². The largest absolute Gasteiger partial charge is 0.465 e. The van der Waals surface area contributed by atoms with Gasteiger partial charge in [0, 0.05) is 13.0 Å². The summed E-state index contributed by atoms with van der Waals surface area (Å²) in [5.74, 6) is 0. The summed E-state index contributed by atoms with van der Waals surface area (Å²) in [6.45, 7) is 0.941. The zero-order valence-corrected chi connectivity index (χ0v) is 11.4. The Kier molecular flexibility index (Phi) is 3.43. The van der Waals surface area contributed by atoms with Gasteiger partial charge < -0.3 is 10.0 Å². The van der Waals surface area contributed by atoms with Crippen LogP contribution in [0.25, 0.3) is 0 Å². The number of carbonyl (C=O) groups is 1. The molecule has 0 saturated heterocycles. The van der Waals surface area contributed by atoms with E-state index in [4.69, 9.17) is 5.11 Å². The van der Waals surface area contributed by atoms with Gasteiger partial charge in [0.15, 0.2) is 0 Å². The number of rotatable bonds is 2. The van der Waals surface area contributed by atoms with E-state index in [0.717, 1.165) is 5.56 Å². The van der Waals surface area contributed by atoms with Gasteiger partial charge in [-0.2, -0.15) is 0 Å². The fraction of sp³-hybridized carbons (Fsp3) is 0.267. The Morgan fingerprint density at radius 3 is 2.76 bits per heavy atom. The number of carboxylic acid groups (broad SMARTS) is 1. The van der Waals surface area contributed by atoms with E-state index >= 15 is 0 Å². The summed E-state index contributed by atoms with van der Waals surface area (Å²) in [5, 5.41) is 9.06. The van der Waals surface area contributed by atoms with E-state index in [-0.39, 0.29) is 12.1 Å². The van der Waals surface area contributed by atoms with Gasteiger partial charge in [0.2, 0.25) is 0 Å². The Morgan fingerprint density at radius 1 is 1.29 bits per heavy atom. The lowest BCUT2D eigenvalue weighted by atomic mass is 10.1. The molecule has 0 aliphatic carbocycles. The molecule has 0 saturated carbocycles. The van der Waals surface area contributed by atoms with Crippen LogP contribution in [0.4, 0.5) is 4.79 Å². The van der Waals surface area contributed by atoms with Crippen LogP contribution in [0.2, 0.25) is 0 Å². The van der Waals surface area contributed by atoms with Gasteiger partial charge in [-0.15, -0.1) is 0 Å². The van der Waals surface area contributed by atoms with Crippen LogP contribution < -0.4 is 5.56 Å². The quantitative estimate of drug-likeness (QED) is 0.903. The highest BCUT2D eigenvalue weighted by atomic mass is 16.4. The number of amides is 1. The molecule has 108 valence electrons. The maximum absolute atomic E-state index is 12.5. The summed E-state index contributed by atoms with van der Waals surface area (Å²) in [6.07, 6.45) is 1.03. The smallest absolute Gasteiger partial charge is 0.407 e. The van der Waals surface area contributed by atoms with Crippen molar-refractivity contribution in [2.45, 2.75) is 19.5 Å². The van der Waals surface area contributed by atoms with Crippen LogP contribution in [-0.4, -0.2) is 32.2 Å². The predicted octanol–water partition coefficient (Wildman–Crippen LogP) is 1.33. The van der Waals surface area contributed by atoms with Gasteiger partial charge in [-0.1, -0.05) is 30.3 Å². The van der Waals surface area contributed by atoms with Gasteiger partial charge in [-0.3, -0.25) is 9.36 Å². The first-order chi connectivity index (χ1) is 10.1. The summed E-state index contributed by atoms with van der Waals surface area (Å²) in [4.78, 5) is 29.1. The topological polar surface area (TPSA) is 75.4 Å². The van der Waals surface area contributed by atoms with E-state index in [0.29, 0.717) is 30.8 Å². The summed E-state index contributed by atoms with van der Waals surface area (Å²) in [5.41, 5.74) is 2.05. The van der Waals surface area contributed by atoms with Gasteiger partial charge >= 0.3 is 6.09 Å². The molecule has 1 aromatic heterocycles. The molecule has 2 aromatic rings. The molecule has 0 unspecified atom stereocenters. The molecule has 1 amide bonds. The molecule has 1 aliphatic heterocycles. The molecular formula is C15H15N3O3. The Balaban J connectivity index is 1.93. The van der Waals surface area contributed by atoms with Crippen LogP contribution in [0.3, 0.4) is 0 Å². The standard InChI is InChI=1S/C15H15N3O3/c19-14-12-9-17(15(20)21)7-6-13(12)16-10-18(14)8-11-4-2-1-3-5-11/h1-5,10H,6-9H2,(H,20,21). The highest BCUT2D eigenvalue weighted by molar-refractivity contribution is 5.65. The van der Waals surface area contributed by atoms with E-state index < -0.39 is 6.09 Å². The van der Waals surface area contributed by atoms with Crippen LogP contribution >= 0.6 is 0 Å². The molecule has 0 fully saturated rings. The van der Waals surface area contributed by atoms with Crippen molar-refractivity contribution in [1.82, 2.24) is 14.5 Å². The molecule has 0 bridgehead atoms. The third-order valence-electron chi connectivity index (χ3n) is 3.65. The minimum Gasteiger partial charge on any atom is -0.465 e. The molecule has 1 N–H and O–H groups in total. The zero-order chi connectivity index (χ0) is 14.8. The van der Waals surface area contributed by atoms with Crippen molar-refractivity contribution >= 4 is 6.09 Å². The van der Waals surface area contributed by atoms with Crippen LogP contribution in [0.15, 0.2) is 41.5 Å². The predicted molar refractivity (Wildman–Crippen MR) is 76.2 cm³/mol. The highest BCUT2D eigenvalue weighted by Gasteiger charge is 2.24. The molecule has 0 atom stereocenters. The van der Waals surface area contributed by atoms with Crippen molar-refractivity contribution in [3.05, 3.63) is 63.8 Å². The van der Waals surface area contributed by atoms with Crippen LogP contribution in [0.1, 0.15) is 16.8 Å². The van der Waals surface area contributed by atoms with Crippen molar-refractivity contribution in [2.24, 2.45) is 0 Å². The van der Waals surface area contributed by atoms with Gasteiger partial charge in [-0.25, -0.2) is 9.78 Å². The molecule has 21 heavy (non-hydrogen) atoms. The monoisotopic (exact) mass is 285 g/mol. The van der Waals surface area contributed by atoms with E-state index in [9.17, 15) is 9.59 Å². The summed E-state index contributed by atoms with van der Waals surface area (Å²) in [7, 11) is 0. The zero-order valence-electron chi connectivity index (χ0n) is 11.4. The lowest BCUT2D eigenvalue weighted by Gasteiger charge is -2.25. The number of hydrogen-bond acceptors (Lipinski definition) is 3. The van der Waals surface area contributed by atoms with E-state index in [2.05, 4.69) is 4.98 Å². The maximum atomic E-state index is 12.5. The van der Waals surface area contributed by atoms with Crippen LogP contribution in [0.5, 0.6) is 0 Å². The van der Waals surface area contributed by atoms with Gasteiger partial charge in [-0.05, 0) is 5.56 Å². The van der Waals surface area contributed by atoms with Gasteiger partial charge in [0.05, 0.1) is 30.7 Å². The molecule has 1 aliphatic rings. The minimum absolute atomic E-state index is 0.117. The fourth-order valence-electron chi connectivity index (χ4n) is 2.51. The SMILES string of the molecule is O=C(O)N1CCc2ncn(Cc3ccccc3)c(=O)c2C1. The lowest BCUT2D eigenvalue weighted by Crippen LogP contribution is -2.40. The average Bonchev–Trinajstić information content (AvgIpc) is 2.51. The molecule has 0 radical (unpaired) electrons. The average molecular weight is 285 g/mol. The van der Waals surface area contributed by atoms with Crippen molar-refractivity contribution in [3.8, 4) is 0 Å². The maximum Gasteiger partial charge on any atom is 0.407 e. The molecule has 1 aromatic carbocycles.